The number of fused-ring (bicyclic) bond motifs is 1. The van der Waals surface area contributed by atoms with Crippen molar-refractivity contribution in [3.63, 3.8) is 0 Å². The van der Waals surface area contributed by atoms with Crippen LogP contribution in [0.3, 0.4) is 0 Å². The number of nitrogens with one attached hydrogen (secondary N) is 1. The van der Waals surface area contributed by atoms with E-state index in [-0.39, 0.29) is 35.6 Å². The number of likely N-dealkylation sites (tertiary alicyclic amines) is 1. The number of hydrogen-bond donors (Lipinski definition) is 1. The fourth-order valence-corrected chi connectivity index (χ4v) is 4.07. The predicted molar refractivity (Wildman–Crippen MR) is 86.3 cm³/mol. The quantitative estimate of drug-likeness (QED) is 0.493. The zero-order chi connectivity index (χ0) is 16.4. The molecule has 3 atom stereocenters. The minimum absolute atomic E-state index is 0.173. The molecule has 3 aliphatic rings. The Labute approximate surface area is 137 Å². The van der Waals surface area contributed by atoms with E-state index in [1.54, 1.807) is 6.92 Å². The Morgan fingerprint density at radius 1 is 1.04 bits per heavy atom. The molecule has 0 bridgehead atoms. The molecule has 3 rings (SSSR count). The van der Waals surface area contributed by atoms with E-state index in [2.05, 4.69) is 5.32 Å². The van der Waals surface area contributed by atoms with Crippen LogP contribution in [0.15, 0.2) is 12.2 Å². The van der Waals surface area contributed by atoms with Crippen LogP contribution >= 0.6 is 0 Å². The first-order chi connectivity index (χ1) is 11.1. The van der Waals surface area contributed by atoms with E-state index < -0.39 is 6.04 Å². The van der Waals surface area contributed by atoms with Crippen molar-refractivity contribution < 1.29 is 14.4 Å². The minimum atomic E-state index is -0.705. The van der Waals surface area contributed by atoms with Gasteiger partial charge in [-0.3, -0.25) is 19.3 Å². The second-order valence-electron chi connectivity index (χ2n) is 7.08. The SMILES string of the molecule is C[C@@H](C(=O)NC1CCCCCC1)N1C(=O)[C@H]2CC=CC[C@H]2C1=O. The molecule has 1 saturated heterocycles. The van der Waals surface area contributed by atoms with E-state index in [1.807, 2.05) is 12.2 Å². The van der Waals surface area contributed by atoms with Crippen molar-refractivity contribution in [1.82, 2.24) is 10.2 Å². The maximum atomic E-state index is 12.5. The standard InChI is InChI=1S/C18H26N2O3/c1-12(16(21)19-13-8-4-2-3-5-9-13)20-17(22)14-10-6-7-11-15(14)18(20)23/h6-7,12-15H,2-5,8-11H2,1H3,(H,19,21)/t12-,14-,15+/m0/s1. The van der Waals surface area contributed by atoms with Crippen LogP contribution < -0.4 is 5.32 Å². The molecular weight excluding hydrogens is 292 g/mol. The molecule has 126 valence electrons. The third-order valence-corrected chi connectivity index (χ3v) is 5.51. The number of carbonyl (C=O) groups excluding carboxylic acids is 3. The zero-order valence-corrected chi connectivity index (χ0v) is 13.8. The monoisotopic (exact) mass is 318 g/mol. The van der Waals surface area contributed by atoms with E-state index in [9.17, 15) is 14.4 Å². The third kappa shape index (κ3) is 3.19. The lowest BCUT2D eigenvalue weighted by Crippen LogP contribution is -2.50. The van der Waals surface area contributed by atoms with Gasteiger partial charge < -0.3 is 5.32 Å². The smallest absolute Gasteiger partial charge is 0.243 e. The van der Waals surface area contributed by atoms with E-state index in [4.69, 9.17) is 0 Å². The highest BCUT2D eigenvalue weighted by Crippen LogP contribution is 2.36. The fourth-order valence-electron chi connectivity index (χ4n) is 4.07. The van der Waals surface area contributed by atoms with Crippen LogP contribution in [0, 0.1) is 11.8 Å². The lowest BCUT2D eigenvalue weighted by Gasteiger charge is -2.25. The largest absolute Gasteiger partial charge is 0.352 e. The van der Waals surface area contributed by atoms with Crippen molar-refractivity contribution >= 4 is 17.7 Å². The van der Waals surface area contributed by atoms with Gasteiger partial charge in [0.25, 0.3) is 0 Å². The average Bonchev–Trinajstić information content (AvgIpc) is 2.74. The summed E-state index contributed by atoms with van der Waals surface area (Å²) < 4.78 is 0. The Morgan fingerprint density at radius 3 is 2.09 bits per heavy atom. The number of imide groups is 1. The normalized spacial score (nSPS) is 30.0. The van der Waals surface area contributed by atoms with E-state index in [0.29, 0.717) is 12.8 Å². The first-order valence-electron chi connectivity index (χ1n) is 8.92. The summed E-state index contributed by atoms with van der Waals surface area (Å²) in [6.45, 7) is 1.67. The molecule has 0 aromatic heterocycles. The molecule has 0 aromatic carbocycles. The number of rotatable bonds is 3. The van der Waals surface area contributed by atoms with Crippen molar-refractivity contribution in [2.24, 2.45) is 11.8 Å². The Morgan fingerprint density at radius 2 is 1.57 bits per heavy atom. The molecule has 5 nitrogen and oxygen atoms in total. The van der Waals surface area contributed by atoms with Crippen molar-refractivity contribution in [1.29, 1.82) is 0 Å². The maximum Gasteiger partial charge on any atom is 0.243 e. The predicted octanol–water partition coefficient (Wildman–Crippen LogP) is 2.17. The van der Waals surface area contributed by atoms with Gasteiger partial charge in [-0.15, -0.1) is 0 Å². The molecule has 1 saturated carbocycles. The number of allylic oxidation sites excluding steroid dienone is 2. The van der Waals surface area contributed by atoms with Crippen molar-refractivity contribution in [2.45, 2.75) is 70.4 Å². The van der Waals surface area contributed by atoms with Gasteiger partial charge in [0, 0.05) is 6.04 Å². The number of nitrogens with zero attached hydrogens (tertiary/aromatic N) is 1. The second kappa shape index (κ2) is 6.85. The maximum absolute atomic E-state index is 12.5. The highest BCUT2D eigenvalue weighted by Gasteiger charge is 2.50. The van der Waals surface area contributed by atoms with Gasteiger partial charge in [0.2, 0.25) is 17.7 Å². The highest BCUT2D eigenvalue weighted by atomic mass is 16.2. The fraction of sp³-hybridized carbons (Fsp3) is 0.722. The first kappa shape index (κ1) is 16.2. The van der Waals surface area contributed by atoms with Gasteiger partial charge >= 0.3 is 0 Å². The molecule has 1 N–H and O–H groups in total. The van der Waals surface area contributed by atoms with Gasteiger partial charge in [0.1, 0.15) is 6.04 Å². The number of carbonyl (C=O) groups is 3. The topological polar surface area (TPSA) is 66.5 Å². The summed E-state index contributed by atoms with van der Waals surface area (Å²) in [6.07, 6.45) is 11.9. The minimum Gasteiger partial charge on any atom is -0.352 e. The van der Waals surface area contributed by atoms with E-state index in [1.165, 1.54) is 17.7 Å². The Bertz CT molecular complexity index is 494. The molecule has 0 unspecified atom stereocenters. The van der Waals surface area contributed by atoms with Gasteiger partial charge in [-0.05, 0) is 32.6 Å². The Balaban J connectivity index is 1.65. The highest BCUT2D eigenvalue weighted by molar-refractivity contribution is 6.08. The molecule has 0 spiro atoms. The molecule has 1 aliphatic heterocycles. The lowest BCUT2D eigenvalue weighted by atomic mass is 9.85. The van der Waals surface area contributed by atoms with Crippen molar-refractivity contribution in [2.75, 3.05) is 0 Å². The molecule has 5 heteroatoms. The van der Waals surface area contributed by atoms with Crippen LogP contribution in [-0.2, 0) is 14.4 Å². The Hall–Kier alpha value is -1.65. The van der Waals surface area contributed by atoms with Crippen LogP contribution in [-0.4, -0.2) is 34.7 Å². The van der Waals surface area contributed by atoms with Crippen LogP contribution in [0.1, 0.15) is 58.3 Å². The molecular formula is C18H26N2O3. The van der Waals surface area contributed by atoms with Gasteiger partial charge in [-0.1, -0.05) is 37.8 Å². The van der Waals surface area contributed by atoms with Crippen molar-refractivity contribution in [3.8, 4) is 0 Å². The molecule has 3 amide bonds. The van der Waals surface area contributed by atoms with E-state index in [0.717, 1.165) is 25.7 Å². The molecule has 2 fully saturated rings. The summed E-state index contributed by atoms with van der Waals surface area (Å²) in [5.41, 5.74) is 0. The van der Waals surface area contributed by atoms with Gasteiger partial charge in [-0.2, -0.15) is 0 Å². The van der Waals surface area contributed by atoms with Crippen LogP contribution in [0.5, 0.6) is 0 Å². The Kier molecular flexibility index (Phi) is 4.83. The molecule has 23 heavy (non-hydrogen) atoms. The average molecular weight is 318 g/mol. The van der Waals surface area contributed by atoms with Crippen molar-refractivity contribution in [3.05, 3.63) is 12.2 Å². The summed E-state index contributed by atoms with van der Waals surface area (Å²) in [5, 5.41) is 3.06. The molecule has 0 aromatic rings. The third-order valence-electron chi connectivity index (χ3n) is 5.51. The van der Waals surface area contributed by atoms with E-state index >= 15 is 0 Å². The summed E-state index contributed by atoms with van der Waals surface area (Å²) in [4.78, 5) is 38.8. The summed E-state index contributed by atoms with van der Waals surface area (Å²) >= 11 is 0. The van der Waals surface area contributed by atoms with Gasteiger partial charge in [-0.25, -0.2) is 0 Å². The second-order valence-corrected chi connectivity index (χ2v) is 7.08. The molecule has 0 radical (unpaired) electrons. The number of hydrogen-bond acceptors (Lipinski definition) is 3. The summed E-state index contributed by atoms with van der Waals surface area (Å²) in [6, 6.07) is -0.520. The van der Waals surface area contributed by atoms with Crippen LogP contribution in [0.25, 0.3) is 0 Å². The van der Waals surface area contributed by atoms with Gasteiger partial charge in [0.15, 0.2) is 0 Å². The summed E-state index contributed by atoms with van der Waals surface area (Å²) in [5.74, 6) is -1.06. The lowest BCUT2D eigenvalue weighted by molar-refractivity contribution is -0.147. The zero-order valence-electron chi connectivity index (χ0n) is 13.8. The molecule has 1 heterocycles. The molecule has 2 aliphatic carbocycles. The van der Waals surface area contributed by atoms with Crippen LogP contribution in [0.4, 0.5) is 0 Å². The van der Waals surface area contributed by atoms with Crippen LogP contribution in [0.2, 0.25) is 0 Å². The first-order valence-corrected chi connectivity index (χ1v) is 8.92. The summed E-state index contributed by atoms with van der Waals surface area (Å²) in [7, 11) is 0. The van der Waals surface area contributed by atoms with Gasteiger partial charge in [0.05, 0.1) is 11.8 Å². The number of amides is 3.